The van der Waals surface area contributed by atoms with Crippen molar-refractivity contribution in [1.29, 1.82) is 0 Å². The first-order valence-corrected chi connectivity index (χ1v) is 8.12. The average molecular weight is 340 g/mol. The Morgan fingerprint density at radius 1 is 1.16 bits per heavy atom. The zero-order valence-corrected chi connectivity index (χ0v) is 15.1. The fraction of sp³-hybridized carbons (Fsp3) is 0.300. The van der Waals surface area contributed by atoms with Gasteiger partial charge < -0.3 is 10.1 Å². The van der Waals surface area contributed by atoms with E-state index in [0.717, 1.165) is 16.9 Å². The second-order valence-corrected chi connectivity index (χ2v) is 6.14. The molecule has 0 radical (unpaired) electrons. The molecule has 132 valence electrons. The van der Waals surface area contributed by atoms with Gasteiger partial charge in [-0.2, -0.15) is 0 Å². The molecule has 0 fully saturated rings. The second kappa shape index (κ2) is 8.44. The second-order valence-electron chi connectivity index (χ2n) is 6.14. The van der Waals surface area contributed by atoms with E-state index in [1.165, 1.54) is 6.92 Å². The highest BCUT2D eigenvalue weighted by atomic mass is 16.5. The molecule has 1 amide bonds. The molecule has 0 atom stereocenters. The first-order chi connectivity index (χ1) is 11.9. The molecule has 0 saturated carbocycles. The van der Waals surface area contributed by atoms with Crippen molar-refractivity contribution in [1.82, 2.24) is 4.90 Å². The van der Waals surface area contributed by atoms with Crippen LogP contribution in [0.3, 0.4) is 0 Å². The summed E-state index contributed by atoms with van der Waals surface area (Å²) in [6, 6.07) is 13.0. The van der Waals surface area contributed by atoms with E-state index in [-0.39, 0.29) is 18.2 Å². The maximum absolute atomic E-state index is 12.3. The van der Waals surface area contributed by atoms with Crippen molar-refractivity contribution in [3.63, 3.8) is 0 Å². The standard InChI is InChI=1S/C20H24N2O3/c1-14-9-10-19(25-4)16(11-14)12-22(3)13-20(24)21-18-8-6-5-7-17(18)15(2)23/h5-11H,12-13H2,1-4H3,(H,21,24). The number of rotatable bonds is 7. The van der Waals surface area contributed by atoms with E-state index in [1.807, 2.05) is 31.0 Å². The number of anilines is 1. The van der Waals surface area contributed by atoms with E-state index in [0.29, 0.717) is 17.8 Å². The summed E-state index contributed by atoms with van der Waals surface area (Å²) in [5.41, 5.74) is 3.23. The van der Waals surface area contributed by atoms with Crippen LogP contribution < -0.4 is 10.1 Å². The number of aryl methyl sites for hydroxylation is 1. The Bertz CT molecular complexity index is 771. The van der Waals surface area contributed by atoms with Crippen LogP contribution >= 0.6 is 0 Å². The van der Waals surface area contributed by atoms with Gasteiger partial charge in [0.2, 0.25) is 5.91 Å². The highest BCUT2D eigenvalue weighted by Crippen LogP contribution is 2.21. The van der Waals surface area contributed by atoms with Gasteiger partial charge in [-0.1, -0.05) is 29.8 Å². The highest BCUT2D eigenvalue weighted by molar-refractivity contribution is 6.04. The third kappa shape index (κ3) is 5.16. The van der Waals surface area contributed by atoms with Crippen molar-refractivity contribution in [3.05, 3.63) is 59.2 Å². The van der Waals surface area contributed by atoms with Crippen LogP contribution in [0, 0.1) is 6.92 Å². The van der Waals surface area contributed by atoms with Crippen molar-refractivity contribution >= 4 is 17.4 Å². The number of benzene rings is 2. The van der Waals surface area contributed by atoms with E-state index in [1.54, 1.807) is 31.4 Å². The number of carbonyl (C=O) groups is 2. The molecule has 0 saturated heterocycles. The Hall–Kier alpha value is -2.66. The number of nitrogens with zero attached hydrogens (tertiary/aromatic N) is 1. The average Bonchev–Trinajstić information content (AvgIpc) is 2.55. The largest absolute Gasteiger partial charge is 0.496 e. The fourth-order valence-corrected chi connectivity index (χ4v) is 2.71. The number of nitrogens with one attached hydrogen (secondary N) is 1. The lowest BCUT2D eigenvalue weighted by Crippen LogP contribution is -2.30. The molecule has 0 aliphatic heterocycles. The van der Waals surface area contributed by atoms with Crippen LogP contribution in [0.25, 0.3) is 0 Å². The maximum Gasteiger partial charge on any atom is 0.238 e. The van der Waals surface area contributed by atoms with Gasteiger partial charge in [0.05, 0.1) is 19.3 Å². The minimum atomic E-state index is -0.164. The van der Waals surface area contributed by atoms with Gasteiger partial charge in [-0.25, -0.2) is 0 Å². The van der Waals surface area contributed by atoms with Gasteiger partial charge in [-0.3, -0.25) is 14.5 Å². The smallest absolute Gasteiger partial charge is 0.238 e. The molecule has 0 bridgehead atoms. The number of methoxy groups -OCH3 is 1. The first kappa shape index (κ1) is 18.7. The number of carbonyl (C=O) groups excluding carboxylic acids is 2. The molecule has 1 N–H and O–H groups in total. The summed E-state index contributed by atoms with van der Waals surface area (Å²) < 4.78 is 5.38. The molecule has 0 aliphatic carbocycles. The van der Waals surface area contributed by atoms with Crippen LogP contribution in [-0.2, 0) is 11.3 Å². The SMILES string of the molecule is COc1ccc(C)cc1CN(C)CC(=O)Nc1ccccc1C(C)=O. The monoisotopic (exact) mass is 340 g/mol. The Morgan fingerprint density at radius 2 is 1.88 bits per heavy atom. The van der Waals surface area contributed by atoms with Gasteiger partial charge in [0.15, 0.2) is 5.78 Å². The summed E-state index contributed by atoms with van der Waals surface area (Å²) in [4.78, 5) is 25.9. The zero-order valence-electron chi connectivity index (χ0n) is 15.1. The predicted octanol–water partition coefficient (Wildman–Crippen LogP) is 3.28. The van der Waals surface area contributed by atoms with Crippen LogP contribution in [0.1, 0.15) is 28.4 Å². The predicted molar refractivity (Wildman–Crippen MR) is 99.1 cm³/mol. The highest BCUT2D eigenvalue weighted by Gasteiger charge is 2.13. The molecule has 5 nitrogen and oxygen atoms in total. The molecular formula is C20H24N2O3. The lowest BCUT2D eigenvalue weighted by molar-refractivity contribution is -0.117. The van der Waals surface area contributed by atoms with Crippen LogP contribution in [0.5, 0.6) is 5.75 Å². The first-order valence-electron chi connectivity index (χ1n) is 8.12. The normalized spacial score (nSPS) is 10.6. The Labute approximate surface area is 148 Å². The number of para-hydroxylation sites is 1. The minimum absolute atomic E-state index is 0.0752. The minimum Gasteiger partial charge on any atom is -0.496 e. The summed E-state index contributed by atoms with van der Waals surface area (Å²) in [6.07, 6.45) is 0. The molecule has 2 aromatic carbocycles. The molecule has 0 aliphatic rings. The van der Waals surface area contributed by atoms with Crippen molar-refractivity contribution in [3.8, 4) is 5.75 Å². The van der Waals surface area contributed by atoms with Crippen LogP contribution in [0.15, 0.2) is 42.5 Å². The number of amides is 1. The fourth-order valence-electron chi connectivity index (χ4n) is 2.71. The third-order valence-corrected chi connectivity index (χ3v) is 3.87. The molecular weight excluding hydrogens is 316 g/mol. The van der Waals surface area contributed by atoms with Gasteiger partial charge in [-0.15, -0.1) is 0 Å². The van der Waals surface area contributed by atoms with Crippen molar-refractivity contribution in [2.75, 3.05) is 26.0 Å². The molecule has 2 aromatic rings. The zero-order chi connectivity index (χ0) is 18.4. The number of ether oxygens (including phenoxy) is 1. The number of hydrogen-bond donors (Lipinski definition) is 1. The van der Waals surface area contributed by atoms with Gasteiger partial charge in [0.25, 0.3) is 0 Å². The molecule has 0 unspecified atom stereocenters. The van der Waals surface area contributed by atoms with Gasteiger partial charge in [-0.05, 0) is 39.1 Å². The van der Waals surface area contributed by atoms with Crippen molar-refractivity contribution in [2.24, 2.45) is 0 Å². The molecule has 0 spiro atoms. The molecule has 0 aromatic heterocycles. The molecule has 0 heterocycles. The Kier molecular flexibility index (Phi) is 6.31. The molecule has 2 rings (SSSR count). The number of Topliss-reactive ketones (excluding diaryl/α,β-unsaturated/α-hetero) is 1. The topological polar surface area (TPSA) is 58.6 Å². The van der Waals surface area contributed by atoms with Crippen LogP contribution in [-0.4, -0.2) is 37.3 Å². The van der Waals surface area contributed by atoms with E-state index < -0.39 is 0 Å². The third-order valence-electron chi connectivity index (χ3n) is 3.87. The summed E-state index contributed by atoms with van der Waals surface area (Å²) in [5.74, 6) is 0.566. The number of likely N-dealkylation sites (N-methyl/N-ethyl adjacent to an activating group) is 1. The number of ketones is 1. The van der Waals surface area contributed by atoms with Gasteiger partial charge >= 0.3 is 0 Å². The lowest BCUT2D eigenvalue weighted by Gasteiger charge is -2.19. The lowest BCUT2D eigenvalue weighted by atomic mass is 10.1. The summed E-state index contributed by atoms with van der Waals surface area (Å²) in [5, 5.41) is 2.82. The number of hydrogen-bond acceptors (Lipinski definition) is 4. The van der Waals surface area contributed by atoms with E-state index in [4.69, 9.17) is 4.74 Å². The maximum atomic E-state index is 12.3. The summed E-state index contributed by atoms with van der Waals surface area (Å²) in [7, 11) is 3.51. The van der Waals surface area contributed by atoms with E-state index in [2.05, 4.69) is 11.4 Å². The van der Waals surface area contributed by atoms with Gasteiger partial charge in [0.1, 0.15) is 5.75 Å². The van der Waals surface area contributed by atoms with E-state index in [9.17, 15) is 9.59 Å². The summed E-state index contributed by atoms with van der Waals surface area (Å²) >= 11 is 0. The Balaban J connectivity index is 2.02. The molecule has 5 heteroatoms. The van der Waals surface area contributed by atoms with Crippen LogP contribution in [0.2, 0.25) is 0 Å². The van der Waals surface area contributed by atoms with Crippen molar-refractivity contribution in [2.45, 2.75) is 20.4 Å². The van der Waals surface area contributed by atoms with E-state index >= 15 is 0 Å². The summed E-state index contributed by atoms with van der Waals surface area (Å²) in [6.45, 7) is 4.31. The Morgan fingerprint density at radius 3 is 2.56 bits per heavy atom. The van der Waals surface area contributed by atoms with Crippen LogP contribution in [0.4, 0.5) is 5.69 Å². The van der Waals surface area contributed by atoms with Crippen molar-refractivity contribution < 1.29 is 14.3 Å². The quantitative estimate of drug-likeness (QED) is 0.786. The van der Waals surface area contributed by atoms with Gasteiger partial charge in [0, 0.05) is 17.7 Å². The molecule has 25 heavy (non-hydrogen) atoms.